The molecule has 4 nitrogen and oxygen atoms in total. The highest BCUT2D eigenvalue weighted by atomic mass is 35.5. The number of anilines is 2. The molecule has 0 fully saturated rings. The number of halogens is 3. The molecule has 0 unspecified atom stereocenters. The van der Waals surface area contributed by atoms with Gasteiger partial charge in [-0.25, -0.2) is 4.39 Å². The van der Waals surface area contributed by atoms with Crippen LogP contribution in [0.5, 0.6) is 0 Å². The van der Waals surface area contributed by atoms with E-state index < -0.39 is 0 Å². The SMILES string of the molecule is Fc1ccc(NC(=S)Nc2ccn(Cc3ccc(Cl)cc3Cl)n2)cc1. The molecule has 0 saturated carbocycles. The van der Waals surface area contributed by atoms with Crippen molar-refractivity contribution in [3.63, 3.8) is 0 Å². The van der Waals surface area contributed by atoms with Gasteiger partial charge in [-0.1, -0.05) is 29.3 Å². The van der Waals surface area contributed by atoms with Gasteiger partial charge in [-0.3, -0.25) is 4.68 Å². The normalized spacial score (nSPS) is 10.5. The first kappa shape index (κ1) is 17.7. The average molecular weight is 395 g/mol. The quantitative estimate of drug-likeness (QED) is 0.597. The van der Waals surface area contributed by atoms with Crippen LogP contribution < -0.4 is 10.6 Å². The number of aromatic nitrogens is 2. The van der Waals surface area contributed by atoms with Crippen molar-refractivity contribution in [2.75, 3.05) is 10.6 Å². The fourth-order valence-electron chi connectivity index (χ4n) is 2.15. The summed E-state index contributed by atoms with van der Waals surface area (Å²) in [5, 5.41) is 11.9. The van der Waals surface area contributed by atoms with Crippen molar-refractivity contribution < 1.29 is 4.39 Å². The van der Waals surface area contributed by atoms with E-state index >= 15 is 0 Å². The average Bonchev–Trinajstić information content (AvgIpc) is 2.99. The molecular weight excluding hydrogens is 382 g/mol. The molecule has 8 heteroatoms. The zero-order chi connectivity index (χ0) is 17.8. The van der Waals surface area contributed by atoms with Gasteiger partial charge in [-0.05, 0) is 54.2 Å². The summed E-state index contributed by atoms with van der Waals surface area (Å²) < 4.78 is 14.6. The van der Waals surface area contributed by atoms with Gasteiger partial charge in [0.25, 0.3) is 0 Å². The van der Waals surface area contributed by atoms with Crippen molar-refractivity contribution in [2.24, 2.45) is 0 Å². The molecule has 0 aliphatic rings. The Bertz CT molecular complexity index is 896. The molecule has 0 aliphatic carbocycles. The first-order valence-corrected chi connectivity index (χ1v) is 8.47. The van der Waals surface area contributed by atoms with Crippen LogP contribution in [0.3, 0.4) is 0 Å². The Morgan fingerprint density at radius 2 is 1.84 bits per heavy atom. The summed E-state index contributed by atoms with van der Waals surface area (Å²) in [5.74, 6) is 0.286. The molecule has 0 amide bonds. The van der Waals surface area contributed by atoms with E-state index in [-0.39, 0.29) is 5.82 Å². The Morgan fingerprint density at radius 3 is 2.56 bits per heavy atom. The summed E-state index contributed by atoms with van der Waals surface area (Å²) in [6, 6.07) is 13.1. The molecule has 3 rings (SSSR count). The Hall–Kier alpha value is -2.15. The second-order valence-corrected chi connectivity index (χ2v) is 6.47. The van der Waals surface area contributed by atoms with Crippen LogP contribution in [0.2, 0.25) is 10.0 Å². The van der Waals surface area contributed by atoms with E-state index in [1.807, 2.05) is 12.3 Å². The minimum Gasteiger partial charge on any atom is -0.332 e. The monoisotopic (exact) mass is 394 g/mol. The molecule has 0 radical (unpaired) electrons. The van der Waals surface area contributed by atoms with Crippen molar-refractivity contribution in [2.45, 2.75) is 6.54 Å². The van der Waals surface area contributed by atoms with Crippen molar-refractivity contribution in [3.05, 3.63) is 76.2 Å². The van der Waals surface area contributed by atoms with Crippen LogP contribution in [-0.4, -0.2) is 14.9 Å². The van der Waals surface area contributed by atoms with Crippen LogP contribution in [0.15, 0.2) is 54.7 Å². The Labute approximate surface area is 159 Å². The maximum absolute atomic E-state index is 12.9. The largest absolute Gasteiger partial charge is 0.332 e. The van der Waals surface area contributed by atoms with E-state index in [9.17, 15) is 4.39 Å². The molecule has 0 bridgehead atoms. The number of hydrogen-bond donors (Lipinski definition) is 2. The van der Waals surface area contributed by atoms with Crippen LogP contribution in [0.25, 0.3) is 0 Å². The molecule has 0 aliphatic heterocycles. The number of benzene rings is 2. The smallest absolute Gasteiger partial charge is 0.176 e. The van der Waals surface area contributed by atoms with E-state index in [4.69, 9.17) is 35.4 Å². The van der Waals surface area contributed by atoms with Crippen molar-refractivity contribution in [1.29, 1.82) is 0 Å². The van der Waals surface area contributed by atoms with Gasteiger partial charge >= 0.3 is 0 Å². The molecule has 0 spiro atoms. The van der Waals surface area contributed by atoms with Crippen LogP contribution >= 0.6 is 35.4 Å². The minimum absolute atomic E-state index is 0.302. The van der Waals surface area contributed by atoms with E-state index in [1.54, 1.807) is 35.0 Å². The van der Waals surface area contributed by atoms with E-state index in [0.717, 1.165) is 5.56 Å². The second kappa shape index (κ2) is 7.82. The predicted molar refractivity (Wildman–Crippen MR) is 104 cm³/mol. The van der Waals surface area contributed by atoms with Crippen LogP contribution in [-0.2, 0) is 6.54 Å². The second-order valence-electron chi connectivity index (χ2n) is 5.22. The van der Waals surface area contributed by atoms with Gasteiger partial charge in [0.15, 0.2) is 10.9 Å². The highest BCUT2D eigenvalue weighted by Gasteiger charge is 2.06. The van der Waals surface area contributed by atoms with Crippen molar-refractivity contribution in [3.8, 4) is 0 Å². The van der Waals surface area contributed by atoms with Crippen LogP contribution in [0.4, 0.5) is 15.9 Å². The van der Waals surface area contributed by atoms with E-state index in [2.05, 4.69) is 15.7 Å². The zero-order valence-electron chi connectivity index (χ0n) is 12.8. The minimum atomic E-state index is -0.302. The van der Waals surface area contributed by atoms with Gasteiger partial charge in [0.05, 0.1) is 6.54 Å². The third-order valence-electron chi connectivity index (χ3n) is 3.33. The summed E-state index contributed by atoms with van der Waals surface area (Å²) in [5.41, 5.74) is 1.60. The number of nitrogens with zero attached hydrogens (tertiary/aromatic N) is 2. The lowest BCUT2D eigenvalue weighted by Gasteiger charge is -2.08. The molecule has 0 saturated heterocycles. The number of thiocarbonyl (C=S) groups is 1. The Balaban J connectivity index is 1.61. The van der Waals surface area contributed by atoms with Gasteiger partial charge in [0.1, 0.15) is 5.82 Å². The fraction of sp³-hybridized carbons (Fsp3) is 0.0588. The highest BCUT2D eigenvalue weighted by Crippen LogP contribution is 2.22. The maximum atomic E-state index is 12.9. The first-order chi connectivity index (χ1) is 12.0. The molecule has 128 valence electrons. The van der Waals surface area contributed by atoms with Gasteiger partial charge < -0.3 is 10.6 Å². The third kappa shape index (κ3) is 4.92. The molecule has 2 N–H and O–H groups in total. The van der Waals surface area contributed by atoms with Crippen LogP contribution in [0, 0.1) is 5.82 Å². The molecule has 2 aromatic carbocycles. The highest BCUT2D eigenvalue weighted by molar-refractivity contribution is 7.80. The standard InChI is InChI=1S/C17H13Cl2FN4S/c18-12-2-1-11(15(19)9-12)10-24-8-7-16(23-24)22-17(25)21-14-5-3-13(20)4-6-14/h1-9H,10H2,(H2,21,22,23,25). The molecule has 1 heterocycles. The van der Waals surface area contributed by atoms with Crippen molar-refractivity contribution >= 4 is 52.0 Å². The Morgan fingerprint density at radius 1 is 1.08 bits per heavy atom. The maximum Gasteiger partial charge on any atom is 0.176 e. The molecule has 1 aromatic heterocycles. The topological polar surface area (TPSA) is 41.9 Å². The molecular formula is C17H13Cl2FN4S. The number of nitrogens with one attached hydrogen (secondary N) is 2. The molecule has 3 aromatic rings. The third-order valence-corrected chi connectivity index (χ3v) is 4.12. The summed E-state index contributed by atoms with van der Waals surface area (Å²) in [7, 11) is 0. The predicted octanol–water partition coefficient (Wildman–Crippen LogP) is 5.19. The van der Waals surface area contributed by atoms with Crippen LogP contribution in [0.1, 0.15) is 5.56 Å². The summed E-state index contributed by atoms with van der Waals surface area (Å²) >= 11 is 17.3. The lowest BCUT2D eigenvalue weighted by Crippen LogP contribution is -2.19. The van der Waals surface area contributed by atoms with Crippen molar-refractivity contribution in [1.82, 2.24) is 9.78 Å². The van der Waals surface area contributed by atoms with Gasteiger partial charge in [0.2, 0.25) is 0 Å². The van der Waals surface area contributed by atoms with Gasteiger partial charge in [0, 0.05) is 28.0 Å². The lowest BCUT2D eigenvalue weighted by molar-refractivity contribution is 0.628. The van der Waals surface area contributed by atoms with Gasteiger partial charge in [-0.15, -0.1) is 0 Å². The van der Waals surface area contributed by atoms with E-state index in [1.165, 1.54) is 12.1 Å². The first-order valence-electron chi connectivity index (χ1n) is 7.30. The molecule has 25 heavy (non-hydrogen) atoms. The molecule has 0 atom stereocenters. The van der Waals surface area contributed by atoms with Gasteiger partial charge in [-0.2, -0.15) is 5.10 Å². The van der Waals surface area contributed by atoms with E-state index in [0.29, 0.717) is 33.2 Å². The number of rotatable bonds is 4. The fourth-order valence-corrected chi connectivity index (χ4v) is 2.84. The number of hydrogen-bond acceptors (Lipinski definition) is 2. The zero-order valence-corrected chi connectivity index (χ0v) is 15.2. The summed E-state index contributed by atoms with van der Waals surface area (Å²) in [6.45, 7) is 0.510. The lowest BCUT2D eigenvalue weighted by atomic mass is 10.2. The summed E-state index contributed by atoms with van der Waals surface area (Å²) in [6.07, 6.45) is 1.81. The summed E-state index contributed by atoms with van der Waals surface area (Å²) in [4.78, 5) is 0. The Kier molecular flexibility index (Phi) is 5.53.